The maximum absolute atomic E-state index is 11.0. The fourth-order valence-electron chi connectivity index (χ4n) is 1.07. The summed E-state index contributed by atoms with van der Waals surface area (Å²) in [5, 5.41) is 0. The second kappa shape index (κ2) is 5.14. The zero-order chi connectivity index (χ0) is 11.3. The van der Waals surface area contributed by atoms with Crippen molar-refractivity contribution in [3.05, 3.63) is 29.5 Å². The summed E-state index contributed by atoms with van der Waals surface area (Å²) >= 11 is 0. The molecule has 1 aromatic rings. The van der Waals surface area contributed by atoms with Crippen LogP contribution in [0.15, 0.2) is 18.2 Å². The van der Waals surface area contributed by atoms with E-state index >= 15 is 0 Å². The summed E-state index contributed by atoms with van der Waals surface area (Å²) in [7, 11) is 0. The average Bonchev–Trinajstić information content (AvgIpc) is 2.20. The van der Waals surface area contributed by atoms with Crippen LogP contribution < -0.4 is 5.73 Å². The van der Waals surface area contributed by atoms with Crippen LogP contribution in [0.2, 0.25) is 0 Å². The number of nitrogen functional groups attached to an aromatic ring is 1. The van der Waals surface area contributed by atoms with Crippen LogP contribution in [0, 0.1) is 6.92 Å². The van der Waals surface area contributed by atoms with E-state index < -0.39 is 0 Å². The Morgan fingerprint density at radius 2 is 2.33 bits per heavy atom. The van der Waals surface area contributed by atoms with E-state index in [4.69, 9.17) is 10.5 Å². The first kappa shape index (κ1) is 11.2. The lowest BCUT2D eigenvalue weighted by Gasteiger charge is -2.00. The van der Waals surface area contributed by atoms with Crippen LogP contribution in [0.25, 0.3) is 6.08 Å². The Morgan fingerprint density at radius 1 is 1.60 bits per heavy atom. The predicted molar refractivity (Wildman–Crippen MR) is 59.1 cm³/mol. The van der Waals surface area contributed by atoms with Gasteiger partial charge >= 0.3 is 5.97 Å². The molecule has 0 spiro atoms. The number of nitrogens with zero attached hydrogens (tertiary/aromatic N) is 1. The van der Waals surface area contributed by atoms with Gasteiger partial charge in [0.15, 0.2) is 0 Å². The molecule has 0 aliphatic heterocycles. The fraction of sp³-hybridized carbons (Fsp3) is 0.273. The molecule has 4 nitrogen and oxygen atoms in total. The van der Waals surface area contributed by atoms with Crippen LogP contribution in [0.3, 0.4) is 0 Å². The first-order valence-electron chi connectivity index (χ1n) is 4.71. The Bertz CT molecular complexity index is 386. The number of hydrogen-bond acceptors (Lipinski definition) is 4. The highest BCUT2D eigenvalue weighted by atomic mass is 16.5. The SMILES string of the molecule is CCOC(=O)C=Cc1nc(N)ccc1C. The van der Waals surface area contributed by atoms with E-state index in [0.717, 1.165) is 5.56 Å². The van der Waals surface area contributed by atoms with E-state index in [2.05, 4.69) is 4.98 Å². The highest BCUT2D eigenvalue weighted by Crippen LogP contribution is 2.09. The predicted octanol–water partition coefficient (Wildman–Crippen LogP) is 1.55. The van der Waals surface area contributed by atoms with Crippen LogP contribution in [0.1, 0.15) is 18.2 Å². The molecule has 0 aliphatic rings. The molecule has 0 aromatic carbocycles. The normalized spacial score (nSPS) is 10.5. The lowest BCUT2D eigenvalue weighted by Crippen LogP contribution is -1.99. The summed E-state index contributed by atoms with van der Waals surface area (Å²) in [6, 6.07) is 3.57. The second-order valence-corrected chi connectivity index (χ2v) is 3.02. The number of ether oxygens (including phenoxy) is 1. The molecular weight excluding hydrogens is 192 g/mol. The zero-order valence-electron chi connectivity index (χ0n) is 8.86. The molecule has 15 heavy (non-hydrogen) atoms. The van der Waals surface area contributed by atoms with Crippen LogP contribution in [0.4, 0.5) is 5.82 Å². The van der Waals surface area contributed by atoms with E-state index in [1.165, 1.54) is 6.08 Å². The average molecular weight is 206 g/mol. The number of rotatable bonds is 3. The number of aryl methyl sites for hydroxylation is 1. The van der Waals surface area contributed by atoms with Gasteiger partial charge in [-0.05, 0) is 31.6 Å². The van der Waals surface area contributed by atoms with E-state index in [1.807, 2.05) is 13.0 Å². The van der Waals surface area contributed by atoms with Gasteiger partial charge in [0.2, 0.25) is 0 Å². The minimum absolute atomic E-state index is 0.368. The fourth-order valence-corrected chi connectivity index (χ4v) is 1.07. The third-order valence-electron chi connectivity index (χ3n) is 1.82. The maximum Gasteiger partial charge on any atom is 0.330 e. The Kier molecular flexibility index (Phi) is 3.85. The molecule has 0 saturated carbocycles. The molecule has 0 amide bonds. The summed E-state index contributed by atoms with van der Waals surface area (Å²) in [6.07, 6.45) is 2.95. The van der Waals surface area contributed by atoms with Gasteiger partial charge in [0.05, 0.1) is 12.3 Å². The summed E-state index contributed by atoms with van der Waals surface area (Å²) < 4.78 is 4.75. The standard InChI is InChI=1S/C11H14N2O2/c1-3-15-11(14)7-5-9-8(2)4-6-10(12)13-9/h4-7H,3H2,1-2H3,(H2,12,13). The molecule has 80 valence electrons. The van der Waals surface area contributed by atoms with Gasteiger partial charge in [-0.2, -0.15) is 0 Å². The van der Waals surface area contributed by atoms with Crippen molar-refractivity contribution in [3.8, 4) is 0 Å². The quantitative estimate of drug-likeness (QED) is 0.602. The number of pyridine rings is 1. The third kappa shape index (κ3) is 3.42. The molecule has 0 fully saturated rings. The topological polar surface area (TPSA) is 65.2 Å². The molecule has 0 saturated heterocycles. The van der Waals surface area contributed by atoms with Crippen molar-refractivity contribution in [2.24, 2.45) is 0 Å². The molecule has 1 aromatic heterocycles. The van der Waals surface area contributed by atoms with Crippen molar-refractivity contribution >= 4 is 17.9 Å². The van der Waals surface area contributed by atoms with E-state index in [0.29, 0.717) is 18.1 Å². The highest BCUT2D eigenvalue weighted by Gasteiger charge is 1.98. The van der Waals surface area contributed by atoms with Gasteiger partial charge in [-0.25, -0.2) is 9.78 Å². The van der Waals surface area contributed by atoms with Crippen LogP contribution in [-0.2, 0) is 9.53 Å². The van der Waals surface area contributed by atoms with Crippen molar-refractivity contribution in [2.75, 3.05) is 12.3 Å². The van der Waals surface area contributed by atoms with Crippen molar-refractivity contribution < 1.29 is 9.53 Å². The van der Waals surface area contributed by atoms with Crippen LogP contribution >= 0.6 is 0 Å². The van der Waals surface area contributed by atoms with Gasteiger partial charge in [-0.3, -0.25) is 0 Å². The van der Waals surface area contributed by atoms with Crippen molar-refractivity contribution in [3.63, 3.8) is 0 Å². The summed E-state index contributed by atoms with van der Waals surface area (Å²) in [5.74, 6) is 0.0604. The van der Waals surface area contributed by atoms with Crippen LogP contribution in [0.5, 0.6) is 0 Å². The Labute approximate surface area is 88.8 Å². The Hall–Kier alpha value is -1.84. The Morgan fingerprint density at radius 3 is 3.00 bits per heavy atom. The number of carbonyl (C=O) groups excluding carboxylic acids is 1. The maximum atomic E-state index is 11.0. The zero-order valence-corrected chi connectivity index (χ0v) is 8.86. The van der Waals surface area contributed by atoms with Gasteiger partial charge < -0.3 is 10.5 Å². The first-order chi connectivity index (χ1) is 7.13. The summed E-state index contributed by atoms with van der Waals surface area (Å²) in [5.41, 5.74) is 7.18. The van der Waals surface area contributed by atoms with Crippen LogP contribution in [-0.4, -0.2) is 17.6 Å². The molecule has 0 unspecified atom stereocenters. The van der Waals surface area contributed by atoms with E-state index in [1.54, 1.807) is 19.1 Å². The molecule has 0 atom stereocenters. The number of aromatic nitrogens is 1. The lowest BCUT2D eigenvalue weighted by molar-refractivity contribution is -0.137. The smallest absolute Gasteiger partial charge is 0.330 e. The minimum atomic E-state index is -0.374. The molecule has 2 N–H and O–H groups in total. The molecule has 0 radical (unpaired) electrons. The molecular formula is C11H14N2O2. The summed E-state index contributed by atoms with van der Waals surface area (Å²) in [6.45, 7) is 4.03. The molecule has 0 aliphatic carbocycles. The monoisotopic (exact) mass is 206 g/mol. The lowest BCUT2D eigenvalue weighted by atomic mass is 10.2. The third-order valence-corrected chi connectivity index (χ3v) is 1.82. The molecule has 1 rings (SSSR count). The minimum Gasteiger partial charge on any atom is -0.463 e. The van der Waals surface area contributed by atoms with Crippen molar-refractivity contribution in [2.45, 2.75) is 13.8 Å². The Balaban J connectivity index is 2.79. The molecule has 1 heterocycles. The highest BCUT2D eigenvalue weighted by molar-refractivity contribution is 5.86. The van der Waals surface area contributed by atoms with Gasteiger partial charge in [0.25, 0.3) is 0 Å². The van der Waals surface area contributed by atoms with Crippen molar-refractivity contribution in [1.82, 2.24) is 4.98 Å². The second-order valence-electron chi connectivity index (χ2n) is 3.02. The van der Waals surface area contributed by atoms with Gasteiger partial charge in [-0.15, -0.1) is 0 Å². The number of carbonyl (C=O) groups is 1. The number of nitrogens with two attached hydrogens (primary N) is 1. The molecule has 4 heteroatoms. The van der Waals surface area contributed by atoms with E-state index in [9.17, 15) is 4.79 Å². The van der Waals surface area contributed by atoms with E-state index in [-0.39, 0.29) is 5.97 Å². The largest absolute Gasteiger partial charge is 0.463 e. The van der Waals surface area contributed by atoms with Gasteiger partial charge in [0.1, 0.15) is 5.82 Å². The van der Waals surface area contributed by atoms with Gasteiger partial charge in [-0.1, -0.05) is 6.07 Å². The van der Waals surface area contributed by atoms with Crippen molar-refractivity contribution in [1.29, 1.82) is 0 Å². The number of hydrogen-bond donors (Lipinski definition) is 1. The molecule has 0 bridgehead atoms. The first-order valence-corrected chi connectivity index (χ1v) is 4.71. The number of esters is 1. The summed E-state index contributed by atoms with van der Waals surface area (Å²) in [4.78, 5) is 15.1. The number of anilines is 1. The van der Waals surface area contributed by atoms with Gasteiger partial charge in [0, 0.05) is 6.08 Å².